The molecule has 0 aromatic heterocycles. The second kappa shape index (κ2) is 8.86. The third-order valence-electron chi connectivity index (χ3n) is 5.79. The highest BCUT2D eigenvalue weighted by Gasteiger charge is 2.30. The maximum atomic E-state index is 13.6. The molecule has 1 aliphatic heterocycles. The number of hydrogen-bond acceptors (Lipinski definition) is 6. The Bertz CT molecular complexity index is 1050. The van der Waals surface area contributed by atoms with Crippen LogP contribution in [0.1, 0.15) is 42.5 Å². The molecule has 31 heavy (non-hydrogen) atoms. The minimum absolute atomic E-state index is 0.0562. The van der Waals surface area contributed by atoms with Gasteiger partial charge < -0.3 is 14.4 Å². The first-order valence-corrected chi connectivity index (χ1v) is 11.7. The summed E-state index contributed by atoms with van der Waals surface area (Å²) in [5.41, 5.74) is 1.17. The molecule has 2 aromatic rings. The normalized spacial score (nSPS) is 16.5. The molecule has 2 aromatic carbocycles. The zero-order valence-corrected chi connectivity index (χ0v) is 18.4. The van der Waals surface area contributed by atoms with E-state index in [1.165, 1.54) is 32.7 Å². The van der Waals surface area contributed by atoms with Gasteiger partial charge in [-0.2, -0.15) is 0 Å². The number of ether oxygens (including phenoxy) is 2. The summed E-state index contributed by atoms with van der Waals surface area (Å²) in [4.78, 5) is 20.2. The molecule has 0 atom stereocenters. The smallest absolute Gasteiger partial charge is 0.264 e. The van der Waals surface area contributed by atoms with Crippen LogP contribution in [0.4, 0.5) is 5.69 Å². The molecule has 166 valence electrons. The van der Waals surface area contributed by atoms with E-state index >= 15 is 0 Å². The molecule has 1 amide bonds. The van der Waals surface area contributed by atoms with E-state index in [9.17, 15) is 13.2 Å². The number of rotatable bonds is 6. The van der Waals surface area contributed by atoms with Gasteiger partial charge in [0, 0.05) is 30.4 Å². The fraction of sp³-hybridized carbons (Fsp3) is 0.409. The van der Waals surface area contributed by atoms with Crippen LogP contribution < -0.4 is 14.4 Å². The van der Waals surface area contributed by atoms with Gasteiger partial charge in [0.05, 0.1) is 12.0 Å². The van der Waals surface area contributed by atoms with E-state index in [2.05, 4.69) is 0 Å². The number of hydrogen-bond donors (Lipinski definition) is 0. The summed E-state index contributed by atoms with van der Waals surface area (Å²) in [5.74, 6) is 1.11. The number of fused-ring (bicyclic) bond motifs is 1. The van der Waals surface area contributed by atoms with Gasteiger partial charge in [-0.05, 0) is 49.2 Å². The predicted molar refractivity (Wildman–Crippen MR) is 115 cm³/mol. The van der Waals surface area contributed by atoms with Crippen molar-refractivity contribution in [1.29, 1.82) is 0 Å². The van der Waals surface area contributed by atoms with Crippen LogP contribution in [-0.2, 0) is 14.9 Å². The Morgan fingerprint density at radius 1 is 1.00 bits per heavy atom. The van der Waals surface area contributed by atoms with Gasteiger partial charge >= 0.3 is 0 Å². The summed E-state index contributed by atoms with van der Waals surface area (Å²) in [5, 5.41) is 0. The maximum Gasteiger partial charge on any atom is 0.264 e. The molecular weight excluding hydrogens is 420 g/mol. The predicted octanol–water partition coefficient (Wildman–Crippen LogP) is 3.58. The van der Waals surface area contributed by atoms with E-state index in [0.717, 1.165) is 35.8 Å². The number of benzene rings is 2. The van der Waals surface area contributed by atoms with Gasteiger partial charge in [-0.15, -0.1) is 0 Å². The number of carbonyl (C=O) groups is 1. The van der Waals surface area contributed by atoms with Crippen LogP contribution in [0.25, 0.3) is 0 Å². The molecule has 0 radical (unpaired) electrons. The highest BCUT2D eigenvalue weighted by atomic mass is 32.2. The largest absolute Gasteiger partial charge is 0.454 e. The first kappa shape index (κ1) is 21.6. The standard InChI is InChI=1S/C22H26N2O6S/c1-23(28-2)31(26,27)19-11-8-16(9-12-19)22(25)24(17-6-4-3-5-7-17)18-10-13-20-21(14-18)30-15-29-20/h8-14,17H,3-7,15H2,1-2H3. The number of hydroxylamine groups is 1. The Hall–Kier alpha value is -2.62. The lowest BCUT2D eigenvalue weighted by Gasteiger charge is -2.34. The molecule has 2 aliphatic rings. The third-order valence-corrected chi connectivity index (χ3v) is 7.48. The minimum Gasteiger partial charge on any atom is -0.454 e. The van der Waals surface area contributed by atoms with Crippen LogP contribution in [0.2, 0.25) is 0 Å². The molecule has 0 spiro atoms. The fourth-order valence-corrected chi connectivity index (χ4v) is 5.00. The average molecular weight is 447 g/mol. The number of sulfonamides is 1. The van der Waals surface area contributed by atoms with Crippen molar-refractivity contribution < 1.29 is 27.5 Å². The SMILES string of the molecule is CON(C)S(=O)(=O)c1ccc(C(=O)N(c2ccc3c(c2)OCO3)C2CCCCC2)cc1. The monoisotopic (exact) mass is 446 g/mol. The first-order valence-electron chi connectivity index (χ1n) is 10.3. The zero-order chi connectivity index (χ0) is 22.0. The van der Waals surface area contributed by atoms with E-state index in [1.807, 2.05) is 23.1 Å². The van der Waals surface area contributed by atoms with E-state index in [4.69, 9.17) is 14.3 Å². The molecule has 1 heterocycles. The Balaban J connectivity index is 1.66. The summed E-state index contributed by atoms with van der Waals surface area (Å²) < 4.78 is 36.6. The van der Waals surface area contributed by atoms with Crippen LogP contribution in [0.15, 0.2) is 47.4 Å². The van der Waals surface area contributed by atoms with Gasteiger partial charge in [-0.3, -0.25) is 9.63 Å². The quantitative estimate of drug-likeness (QED) is 0.631. The van der Waals surface area contributed by atoms with E-state index in [1.54, 1.807) is 12.1 Å². The van der Waals surface area contributed by atoms with Crippen molar-refractivity contribution in [1.82, 2.24) is 4.47 Å². The summed E-state index contributed by atoms with van der Waals surface area (Å²) in [6.07, 6.45) is 5.15. The molecule has 0 saturated heterocycles. The van der Waals surface area contributed by atoms with Crippen LogP contribution in [0.3, 0.4) is 0 Å². The Labute approximate surface area is 182 Å². The van der Waals surface area contributed by atoms with Gasteiger partial charge in [0.2, 0.25) is 6.79 Å². The molecule has 1 aliphatic carbocycles. The molecule has 1 fully saturated rings. The van der Waals surface area contributed by atoms with Crippen molar-refractivity contribution in [2.75, 3.05) is 25.9 Å². The topological polar surface area (TPSA) is 85.4 Å². The van der Waals surface area contributed by atoms with Crippen LogP contribution >= 0.6 is 0 Å². The second-order valence-electron chi connectivity index (χ2n) is 7.63. The van der Waals surface area contributed by atoms with Crippen molar-refractivity contribution in [2.24, 2.45) is 0 Å². The summed E-state index contributed by atoms with van der Waals surface area (Å²) in [7, 11) is -1.18. The number of nitrogens with zero attached hydrogens (tertiary/aromatic N) is 2. The Morgan fingerprint density at radius 3 is 2.35 bits per heavy atom. The molecule has 0 unspecified atom stereocenters. The summed E-state index contributed by atoms with van der Waals surface area (Å²) >= 11 is 0. The molecular formula is C22H26N2O6S. The van der Waals surface area contributed by atoms with Gasteiger partial charge in [-0.1, -0.05) is 23.7 Å². The molecule has 8 nitrogen and oxygen atoms in total. The Kier molecular flexibility index (Phi) is 6.17. The lowest BCUT2D eigenvalue weighted by atomic mass is 9.93. The molecule has 0 bridgehead atoms. The van der Waals surface area contributed by atoms with Crippen LogP contribution in [-0.4, -0.2) is 45.8 Å². The number of amides is 1. The molecule has 0 N–H and O–H groups in total. The lowest BCUT2D eigenvalue weighted by Crippen LogP contribution is -2.41. The summed E-state index contributed by atoms with van der Waals surface area (Å²) in [6.45, 7) is 0.169. The van der Waals surface area contributed by atoms with Crippen molar-refractivity contribution in [2.45, 2.75) is 43.0 Å². The number of anilines is 1. The molecule has 1 saturated carbocycles. The fourth-order valence-electron chi connectivity index (χ4n) is 4.02. The van der Waals surface area contributed by atoms with Crippen LogP contribution in [0, 0.1) is 0 Å². The zero-order valence-electron chi connectivity index (χ0n) is 17.6. The van der Waals surface area contributed by atoms with E-state index < -0.39 is 10.0 Å². The second-order valence-corrected chi connectivity index (χ2v) is 9.56. The van der Waals surface area contributed by atoms with Gasteiger partial charge in [0.1, 0.15) is 0 Å². The van der Waals surface area contributed by atoms with Gasteiger partial charge in [0.15, 0.2) is 11.5 Å². The van der Waals surface area contributed by atoms with Crippen molar-refractivity contribution in [3.63, 3.8) is 0 Å². The first-order chi connectivity index (χ1) is 14.9. The van der Waals surface area contributed by atoms with Gasteiger partial charge in [-0.25, -0.2) is 8.42 Å². The lowest BCUT2D eigenvalue weighted by molar-refractivity contribution is -0.0258. The van der Waals surface area contributed by atoms with E-state index in [0.29, 0.717) is 17.1 Å². The van der Waals surface area contributed by atoms with Gasteiger partial charge in [0.25, 0.3) is 15.9 Å². The highest BCUT2D eigenvalue weighted by molar-refractivity contribution is 7.89. The summed E-state index contributed by atoms with van der Waals surface area (Å²) in [6, 6.07) is 11.5. The maximum absolute atomic E-state index is 13.6. The average Bonchev–Trinajstić information content (AvgIpc) is 3.27. The molecule has 9 heteroatoms. The van der Waals surface area contributed by atoms with E-state index in [-0.39, 0.29) is 23.6 Å². The van der Waals surface area contributed by atoms with Crippen molar-refractivity contribution >= 4 is 21.6 Å². The minimum atomic E-state index is -3.78. The van der Waals surface area contributed by atoms with Crippen LogP contribution in [0.5, 0.6) is 11.5 Å². The van der Waals surface area contributed by atoms with Crippen molar-refractivity contribution in [3.05, 3.63) is 48.0 Å². The molecule has 4 rings (SSSR count). The number of carbonyl (C=O) groups excluding carboxylic acids is 1. The Morgan fingerprint density at radius 2 is 1.68 bits per heavy atom. The third kappa shape index (κ3) is 4.26. The van der Waals surface area contributed by atoms with Crippen molar-refractivity contribution in [3.8, 4) is 11.5 Å². The highest BCUT2D eigenvalue weighted by Crippen LogP contribution is 2.38.